The predicted octanol–water partition coefficient (Wildman–Crippen LogP) is 2.58. The van der Waals surface area contributed by atoms with E-state index >= 15 is 0 Å². The van der Waals surface area contributed by atoms with Crippen LogP contribution in [0.25, 0.3) is 0 Å². The Morgan fingerprint density at radius 3 is 2.65 bits per heavy atom. The molecule has 0 bridgehead atoms. The van der Waals surface area contributed by atoms with Gasteiger partial charge in [-0.05, 0) is 57.6 Å². The third-order valence-corrected chi connectivity index (χ3v) is 3.92. The largest absolute Gasteiger partial charge is 0.490 e. The van der Waals surface area contributed by atoms with Gasteiger partial charge in [0, 0.05) is 12.5 Å². The predicted molar refractivity (Wildman–Crippen MR) is 78.1 cm³/mol. The number of benzene rings is 1. The molecule has 1 fully saturated rings. The minimum atomic E-state index is -0.321. The topological polar surface area (TPSA) is 38.8 Å². The first-order valence-corrected chi connectivity index (χ1v) is 7.13. The molecule has 2 unspecified atom stereocenters. The number of carbonyl (C=O) groups excluding carboxylic acids is 1. The highest BCUT2D eigenvalue weighted by molar-refractivity contribution is 5.89. The molecule has 1 aromatic rings. The minimum Gasteiger partial charge on any atom is -0.490 e. The summed E-state index contributed by atoms with van der Waals surface area (Å²) >= 11 is 0. The highest BCUT2D eigenvalue weighted by atomic mass is 16.5. The van der Waals surface area contributed by atoms with Crippen LogP contribution in [-0.2, 0) is 4.74 Å². The van der Waals surface area contributed by atoms with Crippen LogP contribution >= 0.6 is 0 Å². The Kier molecular flexibility index (Phi) is 5.01. The van der Waals surface area contributed by atoms with Crippen molar-refractivity contribution in [1.29, 1.82) is 0 Å². The Morgan fingerprint density at radius 1 is 1.35 bits per heavy atom. The molecule has 0 amide bonds. The van der Waals surface area contributed by atoms with Gasteiger partial charge in [-0.2, -0.15) is 0 Å². The van der Waals surface area contributed by atoms with Crippen molar-refractivity contribution in [3.8, 4) is 5.75 Å². The number of carbonyl (C=O) groups is 1. The maximum Gasteiger partial charge on any atom is 0.337 e. The molecule has 0 spiro atoms. The molecule has 20 heavy (non-hydrogen) atoms. The molecular weight excluding hydrogens is 254 g/mol. The average molecular weight is 277 g/mol. The average Bonchev–Trinajstić information content (AvgIpc) is 2.47. The second-order valence-electron chi connectivity index (χ2n) is 5.50. The summed E-state index contributed by atoms with van der Waals surface area (Å²) in [6.07, 6.45) is 2.63. The summed E-state index contributed by atoms with van der Waals surface area (Å²) in [4.78, 5) is 13.7. The van der Waals surface area contributed by atoms with Crippen LogP contribution in [0.5, 0.6) is 5.75 Å². The minimum absolute atomic E-state index is 0.182. The maximum atomic E-state index is 11.4. The van der Waals surface area contributed by atoms with Crippen molar-refractivity contribution in [1.82, 2.24) is 4.90 Å². The van der Waals surface area contributed by atoms with Crippen LogP contribution < -0.4 is 4.74 Å². The summed E-state index contributed by atoms with van der Waals surface area (Å²) in [5.41, 5.74) is 0.546. The molecule has 4 nitrogen and oxygen atoms in total. The molecular formula is C16H23NO3. The summed E-state index contributed by atoms with van der Waals surface area (Å²) < 4.78 is 10.7. The van der Waals surface area contributed by atoms with Crippen molar-refractivity contribution in [3.05, 3.63) is 29.8 Å². The molecule has 1 saturated heterocycles. The fraction of sp³-hybridized carbons (Fsp3) is 0.562. The molecule has 110 valence electrons. The highest BCUT2D eigenvalue weighted by Crippen LogP contribution is 2.23. The zero-order valence-electron chi connectivity index (χ0n) is 12.5. The van der Waals surface area contributed by atoms with Gasteiger partial charge in [-0.3, -0.25) is 0 Å². The van der Waals surface area contributed by atoms with Gasteiger partial charge in [0.2, 0.25) is 0 Å². The molecule has 1 heterocycles. The number of hydrogen-bond acceptors (Lipinski definition) is 4. The van der Waals surface area contributed by atoms with Gasteiger partial charge < -0.3 is 14.4 Å². The van der Waals surface area contributed by atoms with Crippen LogP contribution in [0.1, 0.15) is 30.1 Å². The third kappa shape index (κ3) is 3.73. The van der Waals surface area contributed by atoms with Gasteiger partial charge in [0.1, 0.15) is 5.75 Å². The lowest BCUT2D eigenvalue weighted by molar-refractivity contribution is 0.0600. The number of ether oxygens (including phenoxy) is 2. The summed E-state index contributed by atoms with van der Waals surface area (Å²) in [6, 6.07) is 7.13. The number of esters is 1. The zero-order valence-corrected chi connectivity index (χ0v) is 12.5. The van der Waals surface area contributed by atoms with Gasteiger partial charge in [0.05, 0.1) is 18.8 Å². The van der Waals surface area contributed by atoms with E-state index in [1.165, 1.54) is 26.5 Å². The fourth-order valence-electron chi connectivity index (χ4n) is 2.69. The van der Waals surface area contributed by atoms with E-state index < -0.39 is 0 Å². The third-order valence-electron chi connectivity index (χ3n) is 3.92. The Hall–Kier alpha value is -1.55. The number of hydrogen-bond donors (Lipinski definition) is 0. The summed E-state index contributed by atoms with van der Waals surface area (Å²) in [5, 5.41) is 0. The summed E-state index contributed by atoms with van der Waals surface area (Å²) in [7, 11) is 3.54. The molecule has 1 aromatic carbocycles. The van der Waals surface area contributed by atoms with Crippen LogP contribution in [-0.4, -0.2) is 44.2 Å². The van der Waals surface area contributed by atoms with Gasteiger partial charge in [-0.25, -0.2) is 4.79 Å². The normalized spacial score (nSPS) is 21.2. The molecule has 1 aliphatic rings. The first-order valence-electron chi connectivity index (χ1n) is 7.13. The smallest absolute Gasteiger partial charge is 0.337 e. The van der Waals surface area contributed by atoms with Crippen LogP contribution in [0.3, 0.4) is 0 Å². The first kappa shape index (κ1) is 14.9. The molecule has 2 rings (SSSR count). The van der Waals surface area contributed by atoms with Gasteiger partial charge in [-0.15, -0.1) is 0 Å². The van der Waals surface area contributed by atoms with Crippen LogP contribution in [0.2, 0.25) is 0 Å². The standard InChI is InChI=1S/C16H23NO3/c1-12(14-5-4-10-17(2)11-14)20-15-8-6-13(7-9-15)16(18)19-3/h6-9,12,14H,4-5,10-11H2,1-3H3. The molecule has 2 atom stereocenters. The lowest BCUT2D eigenvalue weighted by Gasteiger charge is -2.33. The molecule has 0 aromatic heterocycles. The van der Waals surface area contributed by atoms with E-state index in [0.717, 1.165) is 12.3 Å². The number of nitrogens with zero attached hydrogens (tertiary/aromatic N) is 1. The molecule has 1 aliphatic heterocycles. The molecule has 0 aliphatic carbocycles. The van der Waals surface area contributed by atoms with Crippen molar-refractivity contribution >= 4 is 5.97 Å². The molecule has 0 saturated carbocycles. The fourth-order valence-corrected chi connectivity index (χ4v) is 2.69. The lowest BCUT2D eigenvalue weighted by Crippen LogP contribution is -2.39. The van der Waals surface area contributed by atoms with Crippen molar-refractivity contribution < 1.29 is 14.3 Å². The Balaban J connectivity index is 1.93. The van der Waals surface area contributed by atoms with Crippen molar-refractivity contribution in [2.75, 3.05) is 27.2 Å². The van der Waals surface area contributed by atoms with E-state index in [1.54, 1.807) is 12.1 Å². The van der Waals surface area contributed by atoms with Crippen LogP contribution in [0, 0.1) is 5.92 Å². The van der Waals surface area contributed by atoms with Gasteiger partial charge in [0.15, 0.2) is 0 Å². The number of rotatable bonds is 4. The van der Waals surface area contributed by atoms with Crippen molar-refractivity contribution in [2.45, 2.75) is 25.9 Å². The zero-order chi connectivity index (χ0) is 14.5. The van der Waals surface area contributed by atoms with E-state index in [0.29, 0.717) is 11.5 Å². The quantitative estimate of drug-likeness (QED) is 0.793. The van der Waals surface area contributed by atoms with E-state index in [4.69, 9.17) is 4.74 Å². The van der Waals surface area contributed by atoms with Gasteiger partial charge in [0.25, 0.3) is 0 Å². The van der Waals surface area contributed by atoms with E-state index in [9.17, 15) is 4.79 Å². The molecule has 0 radical (unpaired) electrons. The summed E-state index contributed by atoms with van der Waals surface area (Å²) in [5.74, 6) is 1.05. The first-order chi connectivity index (χ1) is 9.60. The Labute approximate surface area is 120 Å². The van der Waals surface area contributed by atoms with E-state index in [-0.39, 0.29) is 12.1 Å². The van der Waals surface area contributed by atoms with Gasteiger partial charge >= 0.3 is 5.97 Å². The monoisotopic (exact) mass is 277 g/mol. The van der Waals surface area contributed by atoms with Gasteiger partial charge in [-0.1, -0.05) is 0 Å². The molecule has 4 heteroatoms. The number of likely N-dealkylation sites (tertiary alicyclic amines) is 1. The highest BCUT2D eigenvalue weighted by Gasteiger charge is 2.24. The van der Waals surface area contributed by atoms with Crippen LogP contribution in [0.4, 0.5) is 0 Å². The summed E-state index contributed by atoms with van der Waals surface area (Å²) in [6.45, 7) is 4.39. The van der Waals surface area contributed by atoms with Crippen LogP contribution in [0.15, 0.2) is 24.3 Å². The Bertz CT molecular complexity index is 444. The SMILES string of the molecule is COC(=O)c1ccc(OC(C)C2CCCN(C)C2)cc1. The maximum absolute atomic E-state index is 11.4. The van der Waals surface area contributed by atoms with Crippen molar-refractivity contribution in [3.63, 3.8) is 0 Å². The second-order valence-corrected chi connectivity index (χ2v) is 5.50. The van der Waals surface area contributed by atoms with E-state index in [2.05, 4.69) is 23.6 Å². The number of methoxy groups -OCH3 is 1. The van der Waals surface area contributed by atoms with E-state index in [1.807, 2.05) is 12.1 Å². The second kappa shape index (κ2) is 6.75. The number of piperidine rings is 1. The van der Waals surface area contributed by atoms with Crippen molar-refractivity contribution in [2.24, 2.45) is 5.92 Å². The lowest BCUT2D eigenvalue weighted by atomic mass is 9.93. The molecule has 0 N–H and O–H groups in total. The Morgan fingerprint density at radius 2 is 2.05 bits per heavy atom.